The molecule has 3 nitrogen and oxygen atoms in total. The van der Waals surface area contributed by atoms with Gasteiger partial charge >= 0.3 is 0 Å². The Morgan fingerprint density at radius 1 is 1.22 bits per heavy atom. The highest BCUT2D eigenvalue weighted by Crippen LogP contribution is 2.26. The van der Waals surface area contributed by atoms with E-state index >= 15 is 0 Å². The van der Waals surface area contributed by atoms with Crippen molar-refractivity contribution in [2.24, 2.45) is 0 Å². The van der Waals surface area contributed by atoms with Gasteiger partial charge in [0.2, 0.25) is 0 Å². The lowest BCUT2D eigenvalue weighted by molar-refractivity contribution is -0.00340. The topological polar surface area (TPSA) is 24.5 Å². The molecule has 106 valence electrons. The van der Waals surface area contributed by atoms with Crippen LogP contribution in [-0.2, 0) is 4.74 Å². The molecule has 1 heterocycles. The van der Waals surface area contributed by atoms with Crippen LogP contribution in [0.2, 0.25) is 0 Å². The lowest BCUT2D eigenvalue weighted by atomic mass is 10.0. The van der Waals surface area contributed by atoms with E-state index in [1.807, 2.05) is 0 Å². The molecule has 0 aromatic heterocycles. The molecule has 1 aliphatic heterocycles. The van der Waals surface area contributed by atoms with Crippen LogP contribution in [0.25, 0.3) is 0 Å². The van der Waals surface area contributed by atoms with Crippen molar-refractivity contribution in [2.75, 3.05) is 26.2 Å². The molecule has 1 N–H and O–H groups in total. The fraction of sp³-hybridized carbons (Fsp3) is 1.00. The summed E-state index contributed by atoms with van der Waals surface area (Å²) in [7, 11) is 0. The first-order valence-corrected chi connectivity index (χ1v) is 7.92. The molecule has 1 saturated carbocycles. The number of hydrogen-bond donors (Lipinski definition) is 1. The van der Waals surface area contributed by atoms with E-state index in [1.54, 1.807) is 0 Å². The zero-order valence-corrected chi connectivity index (χ0v) is 12.2. The van der Waals surface area contributed by atoms with Gasteiger partial charge in [-0.2, -0.15) is 0 Å². The number of nitrogens with zero attached hydrogens (tertiary/aromatic N) is 1. The van der Waals surface area contributed by atoms with Crippen LogP contribution in [0.5, 0.6) is 0 Å². The molecule has 0 aromatic rings. The van der Waals surface area contributed by atoms with Crippen molar-refractivity contribution in [1.82, 2.24) is 10.2 Å². The summed E-state index contributed by atoms with van der Waals surface area (Å²) in [5, 5.41) is 3.74. The quantitative estimate of drug-likeness (QED) is 0.720. The van der Waals surface area contributed by atoms with Crippen LogP contribution in [0.15, 0.2) is 0 Å². The number of hydrogen-bond acceptors (Lipinski definition) is 3. The van der Waals surface area contributed by atoms with Gasteiger partial charge in [-0.1, -0.05) is 20.3 Å². The first kappa shape index (κ1) is 14.3. The van der Waals surface area contributed by atoms with Crippen LogP contribution >= 0.6 is 0 Å². The maximum Gasteiger partial charge on any atom is 0.0589 e. The summed E-state index contributed by atoms with van der Waals surface area (Å²) in [5.41, 5.74) is 0. The molecule has 2 aliphatic rings. The van der Waals surface area contributed by atoms with E-state index in [0.29, 0.717) is 12.1 Å². The highest BCUT2D eigenvalue weighted by molar-refractivity contribution is 4.84. The molecule has 2 fully saturated rings. The summed E-state index contributed by atoms with van der Waals surface area (Å²) in [4.78, 5) is 2.62. The Morgan fingerprint density at radius 3 is 2.72 bits per heavy atom. The fourth-order valence-corrected chi connectivity index (χ4v) is 3.04. The summed E-state index contributed by atoms with van der Waals surface area (Å²) >= 11 is 0. The first-order valence-electron chi connectivity index (χ1n) is 7.92. The van der Waals surface area contributed by atoms with Crippen molar-refractivity contribution in [1.29, 1.82) is 0 Å². The van der Waals surface area contributed by atoms with Crippen LogP contribution in [0.4, 0.5) is 0 Å². The number of ether oxygens (including phenoxy) is 1. The van der Waals surface area contributed by atoms with Crippen molar-refractivity contribution in [3.63, 3.8) is 0 Å². The first-order chi connectivity index (χ1) is 8.83. The molecule has 18 heavy (non-hydrogen) atoms. The fourth-order valence-electron chi connectivity index (χ4n) is 3.04. The van der Waals surface area contributed by atoms with Gasteiger partial charge in [-0.05, 0) is 38.6 Å². The molecular weight excluding hydrogens is 224 g/mol. The van der Waals surface area contributed by atoms with E-state index < -0.39 is 0 Å². The minimum Gasteiger partial charge on any atom is -0.378 e. The van der Waals surface area contributed by atoms with Gasteiger partial charge in [0.15, 0.2) is 0 Å². The molecule has 2 atom stereocenters. The minimum absolute atomic E-state index is 0.506. The van der Waals surface area contributed by atoms with Crippen LogP contribution in [-0.4, -0.2) is 49.3 Å². The monoisotopic (exact) mass is 254 g/mol. The second-order valence-corrected chi connectivity index (χ2v) is 5.82. The van der Waals surface area contributed by atoms with Gasteiger partial charge in [0, 0.05) is 31.8 Å². The maximum atomic E-state index is 5.79. The third-order valence-corrected chi connectivity index (χ3v) is 4.28. The summed E-state index contributed by atoms with van der Waals surface area (Å²) in [6, 6.07) is 1.59. The van der Waals surface area contributed by atoms with Gasteiger partial charge in [-0.25, -0.2) is 0 Å². The predicted octanol–water partition coefficient (Wildman–Crippen LogP) is 2.41. The molecule has 3 heteroatoms. The second kappa shape index (κ2) is 7.46. The number of rotatable bonds is 8. The van der Waals surface area contributed by atoms with Crippen LogP contribution in [0.3, 0.4) is 0 Å². The maximum absolute atomic E-state index is 5.79. The molecule has 1 aliphatic carbocycles. The average Bonchev–Trinajstić information content (AvgIpc) is 3.20. The number of likely N-dealkylation sites (N-methyl/N-ethyl adjacent to an activating group) is 1. The Labute approximate surface area is 112 Å². The Kier molecular flexibility index (Phi) is 5.93. The van der Waals surface area contributed by atoms with Gasteiger partial charge in [0.25, 0.3) is 0 Å². The van der Waals surface area contributed by atoms with E-state index in [9.17, 15) is 0 Å². The van der Waals surface area contributed by atoms with E-state index in [2.05, 4.69) is 24.1 Å². The molecule has 0 spiro atoms. The molecule has 0 aromatic carbocycles. The second-order valence-electron chi connectivity index (χ2n) is 5.82. The highest BCUT2D eigenvalue weighted by atomic mass is 16.5. The average molecular weight is 254 g/mol. The van der Waals surface area contributed by atoms with E-state index in [0.717, 1.165) is 19.2 Å². The summed E-state index contributed by atoms with van der Waals surface area (Å²) in [5.74, 6) is 0. The lowest BCUT2D eigenvalue weighted by Crippen LogP contribution is -2.42. The molecule has 1 saturated heterocycles. The Morgan fingerprint density at radius 2 is 2.06 bits per heavy atom. The molecule has 0 radical (unpaired) electrons. The van der Waals surface area contributed by atoms with Crippen molar-refractivity contribution in [3.05, 3.63) is 0 Å². The molecular formula is C15H30N2O. The van der Waals surface area contributed by atoms with Crippen molar-refractivity contribution in [2.45, 2.75) is 70.6 Å². The Bertz CT molecular complexity index is 229. The smallest absolute Gasteiger partial charge is 0.0589 e. The van der Waals surface area contributed by atoms with E-state index in [-0.39, 0.29) is 0 Å². The third kappa shape index (κ3) is 4.52. The van der Waals surface area contributed by atoms with Crippen molar-refractivity contribution >= 4 is 0 Å². The van der Waals surface area contributed by atoms with Gasteiger partial charge in [0.05, 0.1) is 6.10 Å². The lowest BCUT2D eigenvalue weighted by Gasteiger charge is -2.31. The van der Waals surface area contributed by atoms with Gasteiger partial charge in [-0.3, -0.25) is 4.90 Å². The van der Waals surface area contributed by atoms with Gasteiger partial charge < -0.3 is 10.1 Å². The van der Waals surface area contributed by atoms with E-state index in [1.165, 1.54) is 51.6 Å². The highest BCUT2D eigenvalue weighted by Gasteiger charge is 2.27. The zero-order valence-electron chi connectivity index (χ0n) is 12.2. The van der Waals surface area contributed by atoms with Crippen LogP contribution in [0.1, 0.15) is 52.4 Å². The summed E-state index contributed by atoms with van der Waals surface area (Å²) in [6.45, 7) is 9.05. The Balaban J connectivity index is 1.60. The van der Waals surface area contributed by atoms with Crippen molar-refractivity contribution < 1.29 is 4.74 Å². The Hall–Kier alpha value is -0.120. The van der Waals surface area contributed by atoms with Crippen LogP contribution in [0, 0.1) is 0 Å². The van der Waals surface area contributed by atoms with Crippen molar-refractivity contribution in [3.8, 4) is 0 Å². The van der Waals surface area contributed by atoms with Gasteiger partial charge in [-0.15, -0.1) is 0 Å². The predicted molar refractivity (Wildman–Crippen MR) is 75.9 cm³/mol. The summed E-state index contributed by atoms with van der Waals surface area (Å²) < 4.78 is 5.79. The SMILES string of the molecule is CCCC1CC(NCCN(CC)C2CC2)CCO1. The standard InChI is InChI=1S/C15H30N2O/c1-3-5-15-12-13(8-11-18-15)16-9-10-17(4-2)14-6-7-14/h13-16H,3-12H2,1-2H3. The molecule has 2 unspecified atom stereocenters. The number of nitrogens with one attached hydrogen (secondary N) is 1. The summed E-state index contributed by atoms with van der Waals surface area (Å²) in [6.07, 6.45) is 8.21. The minimum atomic E-state index is 0.506. The van der Waals surface area contributed by atoms with E-state index in [4.69, 9.17) is 4.74 Å². The zero-order chi connectivity index (χ0) is 12.8. The molecule has 0 bridgehead atoms. The normalized spacial score (nSPS) is 28.8. The third-order valence-electron chi connectivity index (χ3n) is 4.28. The molecule has 0 amide bonds. The molecule has 2 rings (SSSR count). The van der Waals surface area contributed by atoms with Gasteiger partial charge in [0.1, 0.15) is 0 Å². The largest absolute Gasteiger partial charge is 0.378 e. The van der Waals surface area contributed by atoms with Crippen LogP contribution < -0.4 is 5.32 Å².